The van der Waals surface area contributed by atoms with E-state index in [9.17, 15) is 0 Å². The van der Waals surface area contributed by atoms with E-state index in [1.165, 1.54) is 6.42 Å². The number of nitrogens with zero attached hydrogens (tertiary/aromatic N) is 3. The summed E-state index contributed by atoms with van der Waals surface area (Å²) >= 11 is 0. The lowest BCUT2D eigenvalue weighted by molar-refractivity contribution is 0.723. The van der Waals surface area contributed by atoms with E-state index in [-0.39, 0.29) is 0 Å². The van der Waals surface area contributed by atoms with Crippen molar-refractivity contribution >= 4 is 17.6 Å². The van der Waals surface area contributed by atoms with E-state index in [1.807, 2.05) is 13.0 Å². The summed E-state index contributed by atoms with van der Waals surface area (Å²) in [4.78, 5) is 10.7. The second-order valence-corrected chi connectivity index (χ2v) is 3.93. The van der Waals surface area contributed by atoms with Crippen LogP contribution in [0.3, 0.4) is 0 Å². The van der Waals surface area contributed by atoms with Crippen LogP contribution in [0.5, 0.6) is 0 Å². The zero-order valence-electron chi connectivity index (χ0n) is 11.0. The Balaban J connectivity index is 2.85. The maximum atomic E-state index is 5.72. The Kier molecular flexibility index (Phi) is 5.52. The summed E-state index contributed by atoms with van der Waals surface area (Å²) in [6, 6.07) is 1.96. The number of nitrogens with two attached hydrogens (primary N) is 1. The van der Waals surface area contributed by atoms with E-state index in [1.54, 1.807) is 0 Å². The van der Waals surface area contributed by atoms with Crippen LogP contribution in [-0.4, -0.2) is 29.6 Å². The minimum atomic E-state index is 0.327. The molecule has 1 rings (SSSR count). The molecule has 0 aliphatic rings. The first-order valence-corrected chi connectivity index (χ1v) is 6.34. The van der Waals surface area contributed by atoms with Crippen molar-refractivity contribution in [2.75, 3.05) is 35.6 Å². The molecule has 0 atom stereocenters. The molecule has 3 N–H and O–H groups in total. The van der Waals surface area contributed by atoms with E-state index in [0.29, 0.717) is 5.95 Å². The number of hydrogen-bond donors (Lipinski definition) is 2. The standard InChI is InChI=1S/C12H23N5/c1-4-7-8-17(6-3)11-9-10(14-5-2)15-12(13)16-11/h9H,4-8H2,1-3H3,(H3,13,14,15,16). The van der Waals surface area contributed by atoms with Crippen molar-refractivity contribution in [2.45, 2.75) is 33.6 Å². The Morgan fingerprint density at radius 2 is 2.06 bits per heavy atom. The van der Waals surface area contributed by atoms with Gasteiger partial charge in [-0.3, -0.25) is 0 Å². The molecule has 0 aliphatic heterocycles. The summed E-state index contributed by atoms with van der Waals surface area (Å²) in [7, 11) is 0. The maximum Gasteiger partial charge on any atom is 0.223 e. The molecule has 17 heavy (non-hydrogen) atoms. The van der Waals surface area contributed by atoms with Gasteiger partial charge in [-0.2, -0.15) is 9.97 Å². The number of anilines is 3. The van der Waals surface area contributed by atoms with Crippen LogP contribution in [0.2, 0.25) is 0 Å². The molecule has 0 bridgehead atoms. The van der Waals surface area contributed by atoms with Crippen molar-refractivity contribution in [3.63, 3.8) is 0 Å². The topological polar surface area (TPSA) is 67.1 Å². The lowest BCUT2D eigenvalue weighted by Gasteiger charge is -2.22. The molecule has 1 aromatic heterocycles. The summed E-state index contributed by atoms with van der Waals surface area (Å²) in [5.74, 6) is 2.03. The molecule has 0 saturated carbocycles. The lowest BCUT2D eigenvalue weighted by atomic mass is 10.3. The monoisotopic (exact) mass is 237 g/mol. The van der Waals surface area contributed by atoms with E-state index < -0.39 is 0 Å². The number of nitrogen functional groups attached to an aromatic ring is 1. The van der Waals surface area contributed by atoms with E-state index in [0.717, 1.165) is 37.7 Å². The number of aromatic nitrogens is 2. The van der Waals surface area contributed by atoms with Crippen molar-refractivity contribution in [2.24, 2.45) is 0 Å². The Hall–Kier alpha value is -1.52. The van der Waals surface area contributed by atoms with Crippen molar-refractivity contribution < 1.29 is 0 Å². The zero-order valence-corrected chi connectivity index (χ0v) is 11.0. The Labute approximate surface area is 103 Å². The van der Waals surface area contributed by atoms with Gasteiger partial charge in [0.25, 0.3) is 0 Å². The van der Waals surface area contributed by atoms with Gasteiger partial charge >= 0.3 is 0 Å². The molecule has 5 nitrogen and oxygen atoms in total. The number of unbranched alkanes of at least 4 members (excludes halogenated alkanes) is 1. The van der Waals surface area contributed by atoms with Crippen LogP contribution in [0.4, 0.5) is 17.6 Å². The molecule has 0 radical (unpaired) electrons. The van der Waals surface area contributed by atoms with E-state index in [2.05, 4.69) is 34.0 Å². The molecule has 0 aliphatic carbocycles. The number of nitrogens with one attached hydrogen (secondary N) is 1. The molecular weight excluding hydrogens is 214 g/mol. The van der Waals surface area contributed by atoms with Crippen LogP contribution in [0, 0.1) is 0 Å². The summed E-state index contributed by atoms with van der Waals surface area (Å²) in [6.07, 6.45) is 2.34. The van der Waals surface area contributed by atoms with Crippen molar-refractivity contribution in [3.05, 3.63) is 6.07 Å². The second kappa shape index (κ2) is 6.93. The van der Waals surface area contributed by atoms with Gasteiger partial charge in [-0.25, -0.2) is 0 Å². The highest BCUT2D eigenvalue weighted by Gasteiger charge is 2.08. The van der Waals surface area contributed by atoms with Crippen LogP contribution < -0.4 is 16.0 Å². The smallest absolute Gasteiger partial charge is 0.223 e. The Bertz CT molecular complexity index is 340. The van der Waals surface area contributed by atoms with Crippen molar-refractivity contribution in [1.29, 1.82) is 0 Å². The number of rotatable bonds is 7. The maximum absolute atomic E-state index is 5.72. The molecule has 5 heteroatoms. The highest BCUT2D eigenvalue weighted by Crippen LogP contribution is 2.17. The molecule has 96 valence electrons. The summed E-state index contributed by atoms with van der Waals surface area (Å²) in [5, 5.41) is 3.17. The van der Waals surface area contributed by atoms with Gasteiger partial charge in [0.1, 0.15) is 11.6 Å². The molecule has 0 amide bonds. The Morgan fingerprint density at radius 1 is 1.29 bits per heavy atom. The van der Waals surface area contributed by atoms with Gasteiger partial charge in [0.05, 0.1) is 0 Å². The normalized spacial score (nSPS) is 10.3. The van der Waals surface area contributed by atoms with Gasteiger partial charge in [-0.1, -0.05) is 13.3 Å². The minimum absolute atomic E-state index is 0.327. The quantitative estimate of drug-likeness (QED) is 0.760. The van der Waals surface area contributed by atoms with Gasteiger partial charge in [-0.15, -0.1) is 0 Å². The van der Waals surface area contributed by atoms with Crippen LogP contribution in [0.1, 0.15) is 33.6 Å². The predicted octanol–water partition coefficient (Wildman–Crippen LogP) is 2.12. The van der Waals surface area contributed by atoms with Gasteiger partial charge in [0.2, 0.25) is 5.95 Å². The highest BCUT2D eigenvalue weighted by molar-refractivity contribution is 5.52. The summed E-state index contributed by atoms with van der Waals surface area (Å²) < 4.78 is 0. The SMILES string of the molecule is CCCCN(CC)c1cc(NCC)nc(N)n1. The zero-order chi connectivity index (χ0) is 12.7. The molecule has 0 saturated heterocycles. The third-order valence-electron chi connectivity index (χ3n) is 2.58. The predicted molar refractivity (Wildman–Crippen MR) is 73.4 cm³/mol. The van der Waals surface area contributed by atoms with Gasteiger partial charge in [-0.05, 0) is 20.3 Å². The van der Waals surface area contributed by atoms with Crippen LogP contribution in [0.25, 0.3) is 0 Å². The average molecular weight is 237 g/mol. The minimum Gasteiger partial charge on any atom is -0.370 e. The number of hydrogen-bond acceptors (Lipinski definition) is 5. The summed E-state index contributed by atoms with van der Waals surface area (Å²) in [5.41, 5.74) is 5.72. The first-order valence-electron chi connectivity index (χ1n) is 6.34. The van der Waals surface area contributed by atoms with Gasteiger partial charge < -0.3 is 16.0 Å². The summed E-state index contributed by atoms with van der Waals surface area (Å²) in [6.45, 7) is 9.12. The fraction of sp³-hybridized carbons (Fsp3) is 0.667. The van der Waals surface area contributed by atoms with Gasteiger partial charge in [0, 0.05) is 25.7 Å². The Morgan fingerprint density at radius 3 is 2.65 bits per heavy atom. The largest absolute Gasteiger partial charge is 0.370 e. The van der Waals surface area contributed by atoms with Crippen molar-refractivity contribution in [1.82, 2.24) is 9.97 Å². The first-order chi connectivity index (χ1) is 8.21. The van der Waals surface area contributed by atoms with Gasteiger partial charge in [0.15, 0.2) is 0 Å². The van der Waals surface area contributed by atoms with Crippen molar-refractivity contribution in [3.8, 4) is 0 Å². The van der Waals surface area contributed by atoms with E-state index >= 15 is 0 Å². The molecule has 0 spiro atoms. The lowest BCUT2D eigenvalue weighted by Crippen LogP contribution is -2.25. The fourth-order valence-corrected chi connectivity index (χ4v) is 1.67. The third-order valence-corrected chi connectivity index (χ3v) is 2.58. The van der Waals surface area contributed by atoms with E-state index in [4.69, 9.17) is 5.73 Å². The fourth-order valence-electron chi connectivity index (χ4n) is 1.67. The average Bonchev–Trinajstić information content (AvgIpc) is 2.30. The van der Waals surface area contributed by atoms with Crippen LogP contribution in [0.15, 0.2) is 6.07 Å². The third kappa shape index (κ3) is 4.09. The molecule has 0 unspecified atom stereocenters. The molecule has 0 aromatic carbocycles. The molecular formula is C12H23N5. The highest BCUT2D eigenvalue weighted by atomic mass is 15.2. The van der Waals surface area contributed by atoms with Crippen LogP contribution >= 0.6 is 0 Å². The molecule has 1 aromatic rings. The first kappa shape index (κ1) is 13.5. The molecule has 1 heterocycles. The second-order valence-electron chi connectivity index (χ2n) is 3.93. The van der Waals surface area contributed by atoms with Crippen LogP contribution in [-0.2, 0) is 0 Å². The molecule has 0 fully saturated rings.